The molecule has 4 aliphatic rings. The second kappa shape index (κ2) is 5.85. The Labute approximate surface area is 165 Å². The lowest BCUT2D eigenvalue weighted by Crippen LogP contribution is -2.55. The van der Waals surface area contributed by atoms with Crippen LogP contribution in [0.3, 0.4) is 0 Å². The Morgan fingerprint density at radius 2 is 1.82 bits per heavy atom. The van der Waals surface area contributed by atoms with Crippen LogP contribution in [-0.4, -0.2) is 41.1 Å². The van der Waals surface area contributed by atoms with Gasteiger partial charge in [-0.05, 0) is 30.8 Å². The average Bonchev–Trinajstić information content (AvgIpc) is 3.31. The summed E-state index contributed by atoms with van der Waals surface area (Å²) in [5.74, 6) is -1.41. The molecule has 0 spiro atoms. The van der Waals surface area contributed by atoms with Gasteiger partial charge in [0.15, 0.2) is 5.78 Å². The third-order valence-corrected chi connectivity index (χ3v) is 7.95. The van der Waals surface area contributed by atoms with Gasteiger partial charge in [-0.2, -0.15) is 0 Å². The summed E-state index contributed by atoms with van der Waals surface area (Å²) in [6.45, 7) is 11.1. The number of carbonyl (C=O) groups excluding carboxylic acids is 4. The molecule has 4 fully saturated rings. The predicted molar refractivity (Wildman–Crippen MR) is 99.3 cm³/mol. The number of rotatable bonds is 1. The lowest BCUT2D eigenvalue weighted by atomic mass is 9.51. The molecule has 28 heavy (non-hydrogen) atoms. The standard InChI is InChI=1S/C22H28O6/c1-11-13-6-7-15(24)21(5)9-8-17(27-12(2)23)20(3,4)14(21)10-16(25)22(18(11)26)19(13)28-22/h13-14,17,19H,1,6-10H2,2-5H3/t13?,14-,17+,19?,21?,22?/m1/s1. The molecule has 0 aromatic rings. The molecule has 4 unspecified atom stereocenters. The highest BCUT2D eigenvalue weighted by Crippen LogP contribution is 2.60. The summed E-state index contributed by atoms with van der Waals surface area (Å²) in [5.41, 5.74) is -2.24. The Hall–Kier alpha value is -1.82. The van der Waals surface area contributed by atoms with Gasteiger partial charge < -0.3 is 9.47 Å². The first kappa shape index (κ1) is 19.5. The van der Waals surface area contributed by atoms with E-state index in [1.54, 1.807) is 0 Å². The summed E-state index contributed by atoms with van der Waals surface area (Å²) in [4.78, 5) is 51.0. The van der Waals surface area contributed by atoms with Gasteiger partial charge in [0.05, 0.1) is 0 Å². The Balaban J connectivity index is 1.75. The van der Waals surface area contributed by atoms with E-state index in [0.29, 0.717) is 31.3 Å². The number of Topliss-reactive ketones (excluding diaryl/α,β-unsaturated/α-hetero) is 3. The first-order valence-corrected chi connectivity index (χ1v) is 10.1. The zero-order chi connectivity index (χ0) is 20.6. The van der Waals surface area contributed by atoms with E-state index >= 15 is 0 Å². The Kier molecular flexibility index (Phi) is 4.07. The van der Waals surface area contributed by atoms with Crippen molar-refractivity contribution >= 4 is 23.3 Å². The second-order valence-electron chi connectivity index (χ2n) is 9.75. The van der Waals surface area contributed by atoms with Crippen LogP contribution in [0.15, 0.2) is 12.2 Å². The highest BCUT2D eigenvalue weighted by molar-refractivity contribution is 6.23. The van der Waals surface area contributed by atoms with Crippen molar-refractivity contribution in [1.82, 2.24) is 0 Å². The molecule has 3 saturated carbocycles. The smallest absolute Gasteiger partial charge is 0.302 e. The van der Waals surface area contributed by atoms with Crippen LogP contribution in [0.1, 0.15) is 59.8 Å². The molecule has 152 valence electrons. The number of hydrogen-bond acceptors (Lipinski definition) is 6. The fourth-order valence-corrected chi connectivity index (χ4v) is 6.15. The maximum atomic E-state index is 13.3. The van der Waals surface area contributed by atoms with Crippen molar-refractivity contribution in [3.05, 3.63) is 12.2 Å². The highest BCUT2D eigenvalue weighted by atomic mass is 16.6. The SMILES string of the molecule is C=C1C(=O)C23OC2C1CCC(=O)C1(C)CC[C@H](OC(C)=O)C(C)(C)[C@H]1CC3=O. The third-order valence-electron chi connectivity index (χ3n) is 7.95. The molecule has 6 heteroatoms. The minimum absolute atomic E-state index is 0.0647. The molecule has 0 radical (unpaired) electrons. The van der Waals surface area contributed by atoms with Crippen LogP contribution in [0.2, 0.25) is 0 Å². The molecule has 0 aromatic carbocycles. The van der Waals surface area contributed by atoms with Crippen LogP contribution >= 0.6 is 0 Å². The molecule has 0 aromatic heterocycles. The van der Waals surface area contributed by atoms with Crippen LogP contribution in [-0.2, 0) is 28.7 Å². The zero-order valence-corrected chi connectivity index (χ0v) is 17.0. The molecular formula is C22H28O6. The van der Waals surface area contributed by atoms with E-state index < -0.39 is 22.5 Å². The zero-order valence-electron chi connectivity index (χ0n) is 17.0. The number of hydrogen-bond donors (Lipinski definition) is 0. The summed E-state index contributed by atoms with van der Waals surface area (Å²) < 4.78 is 11.2. The monoisotopic (exact) mass is 388 g/mol. The molecule has 6 nitrogen and oxygen atoms in total. The summed E-state index contributed by atoms with van der Waals surface area (Å²) in [6, 6.07) is 0. The number of ether oxygens (including phenoxy) is 2. The summed E-state index contributed by atoms with van der Waals surface area (Å²) in [6.07, 6.45) is 1.19. The van der Waals surface area contributed by atoms with Gasteiger partial charge in [0.2, 0.25) is 11.4 Å². The van der Waals surface area contributed by atoms with Crippen molar-refractivity contribution in [3.63, 3.8) is 0 Å². The number of epoxide rings is 1. The normalized spacial score (nSPS) is 44.6. The largest absolute Gasteiger partial charge is 0.462 e. The topological polar surface area (TPSA) is 90.0 Å². The maximum absolute atomic E-state index is 13.3. The maximum Gasteiger partial charge on any atom is 0.302 e. The van der Waals surface area contributed by atoms with Crippen LogP contribution in [0, 0.1) is 22.7 Å². The lowest BCUT2D eigenvalue weighted by molar-refractivity contribution is -0.172. The van der Waals surface area contributed by atoms with Crippen molar-refractivity contribution in [2.45, 2.75) is 77.6 Å². The summed E-state index contributed by atoms with van der Waals surface area (Å²) >= 11 is 0. The van der Waals surface area contributed by atoms with Crippen molar-refractivity contribution in [2.75, 3.05) is 0 Å². The molecule has 1 saturated heterocycles. The molecule has 0 N–H and O–H groups in total. The van der Waals surface area contributed by atoms with Crippen molar-refractivity contribution < 1.29 is 28.7 Å². The minimum Gasteiger partial charge on any atom is -0.462 e. The summed E-state index contributed by atoms with van der Waals surface area (Å²) in [5, 5.41) is 0. The third kappa shape index (κ3) is 2.36. The number of esters is 1. The fraction of sp³-hybridized carbons (Fsp3) is 0.727. The minimum atomic E-state index is -1.38. The van der Waals surface area contributed by atoms with Gasteiger partial charge in [-0.3, -0.25) is 19.2 Å². The van der Waals surface area contributed by atoms with E-state index in [2.05, 4.69) is 6.58 Å². The molecular weight excluding hydrogens is 360 g/mol. The number of ketones is 3. The van der Waals surface area contributed by atoms with Crippen LogP contribution in [0.5, 0.6) is 0 Å². The van der Waals surface area contributed by atoms with Gasteiger partial charge in [-0.1, -0.05) is 27.4 Å². The Bertz CT molecular complexity index is 810. The van der Waals surface area contributed by atoms with Crippen LogP contribution in [0.25, 0.3) is 0 Å². The molecule has 1 aliphatic heterocycles. The molecule has 4 rings (SSSR count). The van der Waals surface area contributed by atoms with Crippen molar-refractivity contribution in [3.8, 4) is 0 Å². The van der Waals surface area contributed by atoms with Gasteiger partial charge >= 0.3 is 5.97 Å². The van der Waals surface area contributed by atoms with Gasteiger partial charge in [0.25, 0.3) is 0 Å². The van der Waals surface area contributed by atoms with Gasteiger partial charge in [0.1, 0.15) is 18.0 Å². The van der Waals surface area contributed by atoms with E-state index in [1.165, 1.54) is 6.92 Å². The molecule has 0 amide bonds. The van der Waals surface area contributed by atoms with Crippen LogP contribution in [0.4, 0.5) is 0 Å². The summed E-state index contributed by atoms with van der Waals surface area (Å²) in [7, 11) is 0. The van der Waals surface area contributed by atoms with Gasteiger partial charge in [-0.15, -0.1) is 0 Å². The van der Waals surface area contributed by atoms with Crippen molar-refractivity contribution in [1.29, 1.82) is 0 Å². The number of fused-ring (bicyclic) bond motifs is 1. The first-order valence-electron chi connectivity index (χ1n) is 10.1. The van der Waals surface area contributed by atoms with Gasteiger partial charge in [0, 0.05) is 36.5 Å². The Morgan fingerprint density at radius 1 is 1.14 bits per heavy atom. The fourth-order valence-electron chi connectivity index (χ4n) is 6.15. The predicted octanol–water partition coefficient (Wildman–Crippen LogP) is 2.58. The van der Waals surface area contributed by atoms with E-state index in [4.69, 9.17) is 9.47 Å². The van der Waals surface area contributed by atoms with E-state index in [0.717, 1.165) is 0 Å². The second-order valence-corrected chi connectivity index (χ2v) is 9.75. The van der Waals surface area contributed by atoms with E-state index in [9.17, 15) is 19.2 Å². The number of carbonyl (C=O) groups is 4. The molecule has 6 atom stereocenters. The molecule has 2 bridgehead atoms. The lowest BCUT2D eigenvalue weighted by Gasteiger charge is -2.53. The van der Waals surface area contributed by atoms with E-state index in [-0.39, 0.29) is 47.7 Å². The first-order chi connectivity index (χ1) is 13.0. The van der Waals surface area contributed by atoms with Gasteiger partial charge in [-0.25, -0.2) is 0 Å². The molecule has 1 heterocycles. The van der Waals surface area contributed by atoms with Crippen LogP contribution < -0.4 is 0 Å². The average molecular weight is 388 g/mol. The quantitative estimate of drug-likeness (QED) is 0.297. The Morgan fingerprint density at radius 3 is 2.46 bits per heavy atom. The van der Waals surface area contributed by atoms with E-state index in [1.807, 2.05) is 20.8 Å². The highest BCUT2D eigenvalue weighted by Gasteiger charge is 2.76. The molecule has 3 aliphatic carbocycles. The van der Waals surface area contributed by atoms with Crippen molar-refractivity contribution in [2.24, 2.45) is 22.7 Å².